The lowest BCUT2D eigenvalue weighted by Crippen LogP contribution is -2.44. The first-order valence-corrected chi connectivity index (χ1v) is 6.74. The van der Waals surface area contributed by atoms with E-state index in [0.717, 1.165) is 12.8 Å². The van der Waals surface area contributed by atoms with Crippen LogP contribution in [0.15, 0.2) is 0 Å². The summed E-state index contributed by atoms with van der Waals surface area (Å²) >= 11 is 0. The summed E-state index contributed by atoms with van der Waals surface area (Å²) in [5.41, 5.74) is -0.772. The highest BCUT2D eigenvalue weighted by molar-refractivity contribution is 6.07. The first kappa shape index (κ1) is 12.6. The molecule has 0 aromatic heterocycles. The van der Waals surface area contributed by atoms with Crippen LogP contribution in [0.25, 0.3) is 0 Å². The average molecular weight is 238 g/mol. The summed E-state index contributed by atoms with van der Waals surface area (Å²) in [5.74, 6) is 0.999. The number of carbonyl (C=O) groups is 2. The molecule has 0 saturated heterocycles. The van der Waals surface area contributed by atoms with Crippen molar-refractivity contribution in [2.24, 2.45) is 23.2 Å². The van der Waals surface area contributed by atoms with E-state index in [1.54, 1.807) is 6.92 Å². The van der Waals surface area contributed by atoms with Crippen LogP contribution in [0.3, 0.4) is 0 Å². The van der Waals surface area contributed by atoms with Crippen molar-refractivity contribution >= 4 is 11.8 Å². The van der Waals surface area contributed by atoms with Crippen LogP contribution in [0, 0.1) is 23.2 Å². The Kier molecular flexibility index (Phi) is 3.28. The lowest BCUT2D eigenvalue weighted by molar-refractivity contribution is -0.162. The second kappa shape index (κ2) is 4.43. The molecule has 0 aromatic carbocycles. The third-order valence-corrected chi connectivity index (χ3v) is 4.63. The van der Waals surface area contributed by atoms with Gasteiger partial charge in [-0.2, -0.15) is 0 Å². The topological polar surface area (TPSA) is 43.4 Å². The number of fused-ring (bicyclic) bond motifs is 2. The summed E-state index contributed by atoms with van der Waals surface area (Å²) < 4.78 is 5.11. The van der Waals surface area contributed by atoms with E-state index in [-0.39, 0.29) is 17.7 Å². The van der Waals surface area contributed by atoms with Crippen molar-refractivity contribution in [2.45, 2.75) is 46.5 Å². The molecule has 3 unspecified atom stereocenters. The highest BCUT2D eigenvalue weighted by Crippen LogP contribution is 2.53. The van der Waals surface area contributed by atoms with Crippen molar-refractivity contribution in [3.8, 4) is 0 Å². The smallest absolute Gasteiger partial charge is 0.319 e. The Morgan fingerprint density at radius 1 is 1.41 bits per heavy atom. The number of hydrogen-bond acceptors (Lipinski definition) is 3. The normalized spacial score (nSPS) is 36.4. The van der Waals surface area contributed by atoms with Gasteiger partial charge in [-0.1, -0.05) is 13.8 Å². The van der Waals surface area contributed by atoms with Crippen molar-refractivity contribution in [1.29, 1.82) is 0 Å². The fourth-order valence-corrected chi connectivity index (χ4v) is 3.65. The molecule has 0 radical (unpaired) electrons. The third-order valence-electron chi connectivity index (χ3n) is 4.63. The van der Waals surface area contributed by atoms with Crippen molar-refractivity contribution in [2.75, 3.05) is 6.61 Å². The van der Waals surface area contributed by atoms with Crippen molar-refractivity contribution in [3.63, 3.8) is 0 Å². The van der Waals surface area contributed by atoms with Gasteiger partial charge in [0.15, 0.2) is 5.78 Å². The zero-order valence-corrected chi connectivity index (χ0v) is 11.0. The molecule has 96 valence electrons. The van der Waals surface area contributed by atoms with E-state index in [1.165, 1.54) is 0 Å². The predicted octanol–water partition coefficient (Wildman–Crippen LogP) is 2.58. The van der Waals surface area contributed by atoms with Crippen LogP contribution < -0.4 is 0 Å². The minimum absolute atomic E-state index is 0.105. The maximum atomic E-state index is 12.4. The van der Waals surface area contributed by atoms with Gasteiger partial charge in [0.05, 0.1) is 6.61 Å². The zero-order valence-electron chi connectivity index (χ0n) is 11.0. The first-order chi connectivity index (χ1) is 8.03. The van der Waals surface area contributed by atoms with E-state index < -0.39 is 5.41 Å². The quantitative estimate of drug-likeness (QED) is 0.560. The zero-order chi connectivity index (χ0) is 12.6. The highest BCUT2D eigenvalue weighted by Gasteiger charge is 2.59. The number of rotatable bonds is 3. The predicted molar refractivity (Wildman–Crippen MR) is 64.4 cm³/mol. The SMILES string of the molecule is CCOC(=O)C12CCC(C1=O)C(C(C)C)CC2. The van der Waals surface area contributed by atoms with Gasteiger partial charge in [0.25, 0.3) is 0 Å². The Labute approximate surface area is 103 Å². The molecule has 2 aliphatic rings. The molecule has 2 fully saturated rings. The van der Waals surface area contributed by atoms with Crippen LogP contribution in [0.1, 0.15) is 46.5 Å². The average Bonchev–Trinajstić information content (AvgIpc) is 2.50. The van der Waals surface area contributed by atoms with Crippen molar-refractivity contribution in [1.82, 2.24) is 0 Å². The van der Waals surface area contributed by atoms with E-state index in [1.807, 2.05) is 0 Å². The molecular weight excluding hydrogens is 216 g/mol. The Morgan fingerprint density at radius 2 is 2.06 bits per heavy atom. The fourth-order valence-electron chi connectivity index (χ4n) is 3.65. The molecule has 0 N–H and O–H groups in total. The molecule has 2 rings (SSSR count). The number of ether oxygens (including phenoxy) is 1. The third kappa shape index (κ3) is 1.80. The van der Waals surface area contributed by atoms with Crippen molar-refractivity contribution in [3.05, 3.63) is 0 Å². The summed E-state index contributed by atoms with van der Waals surface area (Å²) in [5, 5.41) is 0. The lowest BCUT2D eigenvalue weighted by Gasteiger charge is -2.35. The molecule has 3 nitrogen and oxygen atoms in total. The second-order valence-corrected chi connectivity index (χ2v) is 5.76. The van der Waals surface area contributed by atoms with Gasteiger partial charge in [-0.25, -0.2) is 0 Å². The molecule has 2 bridgehead atoms. The largest absolute Gasteiger partial charge is 0.465 e. The molecule has 2 aliphatic carbocycles. The summed E-state index contributed by atoms with van der Waals surface area (Å²) in [6.07, 6.45) is 3.27. The number of esters is 1. The van der Waals surface area contributed by atoms with Crippen LogP contribution >= 0.6 is 0 Å². The number of hydrogen-bond donors (Lipinski definition) is 0. The Balaban J connectivity index is 2.20. The maximum absolute atomic E-state index is 12.4. The molecule has 2 saturated carbocycles. The minimum atomic E-state index is -0.772. The molecule has 0 aromatic rings. The monoisotopic (exact) mass is 238 g/mol. The number of Topliss-reactive ketones (excluding diaryl/α,β-unsaturated/α-hetero) is 1. The van der Waals surface area contributed by atoms with Crippen LogP contribution in [0.4, 0.5) is 0 Å². The molecule has 0 heterocycles. The molecule has 0 amide bonds. The van der Waals surface area contributed by atoms with E-state index >= 15 is 0 Å². The minimum Gasteiger partial charge on any atom is -0.465 e. The van der Waals surface area contributed by atoms with Gasteiger partial charge < -0.3 is 4.74 Å². The van der Waals surface area contributed by atoms with E-state index in [0.29, 0.717) is 31.3 Å². The lowest BCUT2D eigenvalue weighted by atomic mass is 9.67. The van der Waals surface area contributed by atoms with Crippen LogP contribution in [-0.4, -0.2) is 18.4 Å². The van der Waals surface area contributed by atoms with Gasteiger partial charge in [0, 0.05) is 5.92 Å². The first-order valence-electron chi connectivity index (χ1n) is 6.74. The fraction of sp³-hybridized carbons (Fsp3) is 0.857. The van der Waals surface area contributed by atoms with Gasteiger partial charge in [0.2, 0.25) is 0 Å². The number of carbonyl (C=O) groups excluding carboxylic acids is 2. The number of ketones is 1. The molecule has 3 heteroatoms. The maximum Gasteiger partial charge on any atom is 0.319 e. The van der Waals surface area contributed by atoms with Crippen LogP contribution in [0.2, 0.25) is 0 Å². The molecule has 17 heavy (non-hydrogen) atoms. The Hall–Kier alpha value is -0.860. The Morgan fingerprint density at radius 3 is 2.65 bits per heavy atom. The van der Waals surface area contributed by atoms with Gasteiger partial charge in [-0.15, -0.1) is 0 Å². The van der Waals surface area contributed by atoms with Crippen LogP contribution in [0.5, 0.6) is 0 Å². The van der Waals surface area contributed by atoms with E-state index in [2.05, 4.69) is 13.8 Å². The van der Waals surface area contributed by atoms with E-state index in [9.17, 15) is 9.59 Å². The van der Waals surface area contributed by atoms with E-state index in [4.69, 9.17) is 4.74 Å². The summed E-state index contributed by atoms with van der Waals surface area (Å²) in [6, 6.07) is 0. The van der Waals surface area contributed by atoms with Gasteiger partial charge in [0.1, 0.15) is 5.41 Å². The van der Waals surface area contributed by atoms with Crippen molar-refractivity contribution < 1.29 is 14.3 Å². The molecule has 0 aliphatic heterocycles. The summed E-state index contributed by atoms with van der Waals surface area (Å²) in [7, 11) is 0. The van der Waals surface area contributed by atoms with Gasteiger partial charge in [-0.05, 0) is 44.4 Å². The summed E-state index contributed by atoms with van der Waals surface area (Å²) in [4.78, 5) is 24.5. The van der Waals surface area contributed by atoms with Crippen LogP contribution in [-0.2, 0) is 14.3 Å². The van der Waals surface area contributed by atoms with Gasteiger partial charge in [-0.3, -0.25) is 9.59 Å². The Bertz CT molecular complexity index is 334. The second-order valence-electron chi connectivity index (χ2n) is 5.76. The molecule has 3 atom stereocenters. The molecular formula is C14H22O3. The highest BCUT2D eigenvalue weighted by atomic mass is 16.5. The van der Waals surface area contributed by atoms with Gasteiger partial charge >= 0.3 is 5.97 Å². The summed E-state index contributed by atoms with van der Waals surface area (Å²) in [6.45, 7) is 6.51. The molecule has 0 spiro atoms. The standard InChI is InChI=1S/C14H22O3/c1-4-17-13(16)14-7-5-10(9(2)3)11(6-8-14)12(14)15/h9-11H,4-8H2,1-3H3.